The first-order valence-corrected chi connectivity index (χ1v) is 7.26. The summed E-state index contributed by atoms with van der Waals surface area (Å²) in [6, 6.07) is -0.474. The van der Waals surface area contributed by atoms with Gasteiger partial charge in [0.05, 0.1) is 5.75 Å². The number of nitrogens with zero attached hydrogens (tertiary/aromatic N) is 3. The van der Waals surface area contributed by atoms with Crippen molar-refractivity contribution in [1.29, 1.82) is 0 Å². The molecular formula is C9H16N4O4S. The molecule has 102 valence electrons. The highest BCUT2D eigenvalue weighted by Crippen LogP contribution is 1.98. The van der Waals surface area contributed by atoms with Gasteiger partial charge >= 0.3 is 5.69 Å². The van der Waals surface area contributed by atoms with E-state index in [1.54, 1.807) is 6.92 Å². The lowest BCUT2D eigenvalue weighted by atomic mass is 10.4. The van der Waals surface area contributed by atoms with Crippen molar-refractivity contribution in [3.8, 4) is 0 Å². The molecule has 18 heavy (non-hydrogen) atoms. The minimum atomic E-state index is -3.15. The highest BCUT2D eigenvalue weighted by Gasteiger charge is 2.14. The topological polar surface area (TPSA) is 103 Å². The quantitative estimate of drug-likeness (QED) is 0.705. The summed E-state index contributed by atoms with van der Waals surface area (Å²) < 4.78 is 24.1. The molecule has 1 aromatic rings. The van der Waals surface area contributed by atoms with Crippen molar-refractivity contribution < 1.29 is 8.42 Å². The van der Waals surface area contributed by atoms with Crippen molar-refractivity contribution in [3.63, 3.8) is 0 Å². The van der Waals surface area contributed by atoms with Crippen LogP contribution in [-0.2, 0) is 23.9 Å². The first-order valence-electron chi connectivity index (χ1n) is 5.20. The molecule has 1 unspecified atom stereocenters. The van der Waals surface area contributed by atoms with E-state index in [4.69, 9.17) is 0 Å². The zero-order chi connectivity index (χ0) is 14.1. The van der Waals surface area contributed by atoms with Gasteiger partial charge < -0.3 is 5.32 Å². The third-order valence-electron chi connectivity index (χ3n) is 2.26. The second kappa shape index (κ2) is 4.92. The lowest BCUT2D eigenvalue weighted by Crippen LogP contribution is -2.41. The average Bonchev–Trinajstić information content (AvgIpc) is 2.20. The summed E-state index contributed by atoms with van der Waals surface area (Å²) in [7, 11) is -0.409. The van der Waals surface area contributed by atoms with E-state index in [2.05, 4.69) is 10.4 Å². The minimum absolute atomic E-state index is 0.0456. The summed E-state index contributed by atoms with van der Waals surface area (Å²) in [4.78, 5) is 23.1. The number of hydrogen-bond acceptors (Lipinski definition) is 6. The van der Waals surface area contributed by atoms with Crippen LogP contribution in [0.1, 0.15) is 6.92 Å². The van der Waals surface area contributed by atoms with Crippen molar-refractivity contribution >= 4 is 15.7 Å². The normalized spacial score (nSPS) is 13.3. The van der Waals surface area contributed by atoms with Crippen LogP contribution in [0.5, 0.6) is 0 Å². The van der Waals surface area contributed by atoms with Crippen LogP contribution in [0.4, 0.5) is 5.82 Å². The Hall–Kier alpha value is -1.64. The van der Waals surface area contributed by atoms with Gasteiger partial charge in [-0.1, -0.05) is 0 Å². The van der Waals surface area contributed by atoms with Gasteiger partial charge in [-0.3, -0.25) is 9.36 Å². The van der Waals surface area contributed by atoms with Gasteiger partial charge in [-0.15, -0.1) is 5.10 Å². The average molecular weight is 276 g/mol. The third kappa shape index (κ3) is 3.42. The Bertz CT molecular complexity index is 658. The van der Waals surface area contributed by atoms with Crippen LogP contribution >= 0.6 is 0 Å². The molecule has 1 rings (SSSR count). The number of aryl methyl sites for hydroxylation is 1. The summed E-state index contributed by atoms with van der Waals surface area (Å²) in [5.41, 5.74) is -1.13. The summed E-state index contributed by atoms with van der Waals surface area (Å²) in [6.07, 6.45) is 1.11. The van der Waals surface area contributed by atoms with Crippen LogP contribution in [0.25, 0.3) is 0 Å². The molecule has 0 spiro atoms. The Morgan fingerprint density at radius 3 is 2.39 bits per heavy atom. The van der Waals surface area contributed by atoms with Gasteiger partial charge in [0.15, 0.2) is 0 Å². The molecule has 1 heterocycles. The maximum absolute atomic E-state index is 11.7. The van der Waals surface area contributed by atoms with Crippen LogP contribution in [-0.4, -0.2) is 40.8 Å². The molecule has 0 amide bonds. The predicted molar refractivity (Wildman–Crippen MR) is 67.5 cm³/mol. The Kier molecular flexibility index (Phi) is 3.95. The molecule has 1 atom stereocenters. The molecule has 0 aliphatic heterocycles. The summed E-state index contributed by atoms with van der Waals surface area (Å²) in [5.74, 6) is -0.170. The van der Waals surface area contributed by atoms with E-state index in [0.29, 0.717) is 0 Å². The second-order valence-corrected chi connectivity index (χ2v) is 6.44. The maximum atomic E-state index is 11.7. The molecule has 0 bridgehead atoms. The lowest BCUT2D eigenvalue weighted by Gasteiger charge is -2.13. The number of nitrogens with one attached hydrogen (secondary N) is 1. The molecule has 1 aromatic heterocycles. The van der Waals surface area contributed by atoms with Crippen LogP contribution < -0.4 is 16.6 Å². The van der Waals surface area contributed by atoms with Gasteiger partial charge in [0.1, 0.15) is 9.84 Å². The number of rotatable bonds is 4. The van der Waals surface area contributed by atoms with Gasteiger partial charge in [-0.2, -0.15) is 0 Å². The van der Waals surface area contributed by atoms with Gasteiger partial charge in [-0.25, -0.2) is 17.9 Å². The Balaban J connectivity index is 3.07. The van der Waals surface area contributed by atoms with Gasteiger partial charge in [0.25, 0.3) is 5.56 Å². The Morgan fingerprint density at radius 2 is 1.89 bits per heavy atom. The van der Waals surface area contributed by atoms with Crippen LogP contribution in [0.3, 0.4) is 0 Å². The molecule has 0 aliphatic carbocycles. The fourth-order valence-electron chi connectivity index (χ4n) is 1.52. The number of hydrogen-bond donors (Lipinski definition) is 1. The predicted octanol–water partition coefficient (Wildman–Crippen LogP) is -1.68. The minimum Gasteiger partial charge on any atom is -0.361 e. The van der Waals surface area contributed by atoms with Gasteiger partial charge in [0.2, 0.25) is 5.82 Å². The van der Waals surface area contributed by atoms with E-state index in [-0.39, 0.29) is 11.6 Å². The lowest BCUT2D eigenvalue weighted by molar-refractivity contribution is 0.592. The van der Waals surface area contributed by atoms with Crippen LogP contribution in [0.15, 0.2) is 9.59 Å². The molecule has 0 aromatic carbocycles. The van der Waals surface area contributed by atoms with Gasteiger partial charge in [-0.05, 0) is 6.92 Å². The van der Waals surface area contributed by atoms with E-state index in [1.807, 2.05) is 0 Å². The molecule has 1 N–H and O–H groups in total. The fourth-order valence-corrected chi connectivity index (χ4v) is 2.51. The van der Waals surface area contributed by atoms with Crippen LogP contribution in [0.2, 0.25) is 0 Å². The van der Waals surface area contributed by atoms with E-state index in [0.717, 1.165) is 15.5 Å². The zero-order valence-corrected chi connectivity index (χ0v) is 11.5. The Morgan fingerprint density at radius 1 is 1.33 bits per heavy atom. The molecule has 0 aliphatic rings. The first kappa shape index (κ1) is 14.4. The SMILES string of the molecule is CC(CS(C)(=O)=O)Nc1nn(C)c(=O)n(C)c1=O. The number of aromatic nitrogens is 3. The fraction of sp³-hybridized carbons (Fsp3) is 0.667. The summed E-state index contributed by atoms with van der Waals surface area (Å²) in [5, 5.41) is 6.46. The molecular weight excluding hydrogens is 260 g/mol. The maximum Gasteiger partial charge on any atom is 0.346 e. The van der Waals surface area contributed by atoms with Crippen molar-refractivity contribution in [1.82, 2.24) is 14.3 Å². The molecule has 0 saturated heterocycles. The molecule has 0 fully saturated rings. The van der Waals surface area contributed by atoms with Crippen molar-refractivity contribution in [2.24, 2.45) is 14.1 Å². The molecule has 0 saturated carbocycles. The third-order valence-corrected chi connectivity index (χ3v) is 3.36. The molecule has 8 nitrogen and oxygen atoms in total. The van der Waals surface area contributed by atoms with E-state index in [1.165, 1.54) is 14.1 Å². The highest BCUT2D eigenvalue weighted by molar-refractivity contribution is 7.90. The molecule has 9 heteroatoms. The summed E-state index contributed by atoms with van der Waals surface area (Å²) >= 11 is 0. The Labute approximate surface area is 104 Å². The van der Waals surface area contributed by atoms with Gasteiger partial charge in [0, 0.05) is 26.4 Å². The second-order valence-electron chi connectivity index (χ2n) is 4.26. The smallest absolute Gasteiger partial charge is 0.346 e. The van der Waals surface area contributed by atoms with Crippen LogP contribution in [0, 0.1) is 0 Å². The highest BCUT2D eigenvalue weighted by atomic mass is 32.2. The standard InChI is InChI=1S/C9H16N4O4S/c1-6(5-18(4,16)17)10-7-8(14)12(2)9(15)13(3)11-7/h6H,5H2,1-4H3,(H,10,11). The zero-order valence-electron chi connectivity index (χ0n) is 10.7. The van der Waals surface area contributed by atoms with Crippen molar-refractivity contribution in [3.05, 3.63) is 20.8 Å². The van der Waals surface area contributed by atoms with Crippen molar-refractivity contribution in [2.45, 2.75) is 13.0 Å². The number of sulfone groups is 1. The largest absolute Gasteiger partial charge is 0.361 e. The monoisotopic (exact) mass is 276 g/mol. The van der Waals surface area contributed by atoms with Crippen molar-refractivity contribution in [2.75, 3.05) is 17.3 Å². The van der Waals surface area contributed by atoms with E-state index >= 15 is 0 Å². The molecule has 0 radical (unpaired) electrons. The van der Waals surface area contributed by atoms with E-state index < -0.39 is 27.1 Å². The van der Waals surface area contributed by atoms with E-state index in [9.17, 15) is 18.0 Å². The first-order chi connectivity index (χ1) is 8.11. The summed E-state index contributed by atoms with van der Waals surface area (Å²) in [6.45, 7) is 1.62. The number of anilines is 1.